The Kier molecular flexibility index (Phi) is 4.44. The average Bonchev–Trinajstić information content (AvgIpc) is 3.24. The Balaban J connectivity index is 1.51. The van der Waals surface area contributed by atoms with Gasteiger partial charge in [-0.05, 0) is 49.6 Å². The molecule has 2 aliphatic rings. The summed E-state index contributed by atoms with van der Waals surface area (Å²) in [5, 5.41) is 3.23. The van der Waals surface area contributed by atoms with Crippen molar-refractivity contribution in [3.8, 4) is 0 Å². The number of pyridine rings is 2. The SMILES string of the molecule is Cc1ccnc(Nc2cccc(C3OC(C4CCCC4)=NC3=S)n2)c1. The molecule has 0 spiro atoms. The second-order valence-corrected chi connectivity index (χ2v) is 6.98. The number of anilines is 2. The third-order valence-corrected chi connectivity index (χ3v) is 4.90. The minimum absolute atomic E-state index is 0.363. The highest BCUT2D eigenvalue weighted by Gasteiger charge is 2.33. The lowest BCUT2D eigenvalue weighted by Gasteiger charge is -2.14. The van der Waals surface area contributed by atoms with Crippen LogP contribution in [0.25, 0.3) is 0 Å². The van der Waals surface area contributed by atoms with Gasteiger partial charge in [0.2, 0.25) is 0 Å². The smallest absolute Gasteiger partial charge is 0.194 e. The standard InChI is InChI=1S/C19H20N4OS/c1-12-9-10-20-16(11-12)22-15-8-4-7-14(21-15)17-19(25)23-18(24-17)13-5-2-3-6-13/h4,7-11,13,17H,2-3,5-6H2,1H3,(H,20,21,22). The minimum Gasteiger partial charge on any atom is -0.463 e. The molecule has 0 amide bonds. The van der Waals surface area contributed by atoms with E-state index in [0.717, 1.165) is 41.6 Å². The number of hydrogen-bond donors (Lipinski definition) is 1. The molecule has 1 unspecified atom stereocenters. The molecule has 25 heavy (non-hydrogen) atoms. The summed E-state index contributed by atoms with van der Waals surface area (Å²) >= 11 is 5.44. The largest absolute Gasteiger partial charge is 0.463 e. The molecule has 0 radical (unpaired) electrons. The van der Waals surface area contributed by atoms with Crippen molar-refractivity contribution in [2.75, 3.05) is 5.32 Å². The van der Waals surface area contributed by atoms with Crippen molar-refractivity contribution in [2.24, 2.45) is 10.9 Å². The summed E-state index contributed by atoms with van der Waals surface area (Å²) in [5.74, 6) is 2.70. The van der Waals surface area contributed by atoms with Crippen LogP contribution < -0.4 is 5.32 Å². The number of nitrogens with zero attached hydrogens (tertiary/aromatic N) is 3. The van der Waals surface area contributed by atoms with Crippen LogP contribution in [0.5, 0.6) is 0 Å². The van der Waals surface area contributed by atoms with E-state index in [0.29, 0.717) is 10.9 Å². The van der Waals surface area contributed by atoms with Gasteiger partial charge in [0.25, 0.3) is 0 Å². The number of thiocarbonyl (C=S) groups is 1. The number of hydrogen-bond acceptors (Lipinski definition) is 5. The van der Waals surface area contributed by atoms with Crippen LogP contribution in [0, 0.1) is 12.8 Å². The molecule has 2 aromatic heterocycles. The Labute approximate surface area is 152 Å². The first-order chi connectivity index (χ1) is 12.2. The van der Waals surface area contributed by atoms with Crippen LogP contribution in [0.3, 0.4) is 0 Å². The van der Waals surface area contributed by atoms with Gasteiger partial charge < -0.3 is 10.1 Å². The molecule has 1 aliphatic heterocycles. The van der Waals surface area contributed by atoms with Crippen molar-refractivity contribution in [1.82, 2.24) is 9.97 Å². The lowest BCUT2D eigenvalue weighted by molar-refractivity contribution is 0.252. The van der Waals surface area contributed by atoms with E-state index in [4.69, 9.17) is 17.0 Å². The van der Waals surface area contributed by atoms with Gasteiger partial charge in [0.1, 0.15) is 11.6 Å². The zero-order valence-corrected chi connectivity index (χ0v) is 14.9. The van der Waals surface area contributed by atoms with Gasteiger partial charge in [-0.15, -0.1) is 0 Å². The molecule has 2 aromatic rings. The van der Waals surface area contributed by atoms with E-state index in [-0.39, 0.29) is 6.10 Å². The summed E-state index contributed by atoms with van der Waals surface area (Å²) in [4.78, 5) is 14.0. The van der Waals surface area contributed by atoms with E-state index in [1.165, 1.54) is 12.8 Å². The molecular weight excluding hydrogens is 332 g/mol. The third kappa shape index (κ3) is 3.54. The molecule has 1 saturated carbocycles. The summed E-state index contributed by atoms with van der Waals surface area (Å²) in [6.45, 7) is 2.03. The van der Waals surface area contributed by atoms with Gasteiger partial charge in [0.05, 0.1) is 5.69 Å². The fraction of sp³-hybridized carbons (Fsp3) is 0.368. The Hall–Kier alpha value is -2.34. The maximum atomic E-state index is 6.07. The van der Waals surface area contributed by atoms with Crippen molar-refractivity contribution < 1.29 is 4.74 Å². The molecule has 0 bridgehead atoms. The first-order valence-corrected chi connectivity index (χ1v) is 9.05. The fourth-order valence-electron chi connectivity index (χ4n) is 3.31. The predicted octanol–water partition coefficient (Wildman–Crippen LogP) is 4.52. The first-order valence-electron chi connectivity index (χ1n) is 8.65. The molecule has 1 atom stereocenters. The fourth-order valence-corrected chi connectivity index (χ4v) is 3.57. The summed E-state index contributed by atoms with van der Waals surface area (Å²) < 4.78 is 6.07. The molecule has 3 heterocycles. The quantitative estimate of drug-likeness (QED) is 0.820. The third-order valence-electron chi connectivity index (χ3n) is 4.60. The number of ether oxygens (including phenoxy) is 1. The van der Waals surface area contributed by atoms with Crippen LogP contribution in [0.4, 0.5) is 11.6 Å². The number of aromatic nitrogens is 2. The average molecular weight is 352 g/mol. The molecule has 4 rings (SSSR count). The Morgan fingerprint density at radius 3 is 2.80 bits per heavy atom. The van der Waals surface area contributed by atoms with Crippen molar-refractivity contribution in [1.29, 1.82) is 0 Å². The Morgan fingerprint density at radius 1 is 1.16 bits per heavy atom. The summed E-state index contributed by atoms with van der Waals surface area (Å²) in [5.41, 5.74) is 1.92. The summed E-state index contributed by atoms with van der Waals surface area (Å²) in [7, 11) is 0. The number of aliphatic imine (C=N–C) groups is 1. The van der Waals surface area contributed by atoms with E-state index in [1.807, 2.05) is 37.3 Å². The van der Waals surface area contributed by atoms with E-state index in [1.54, 1.807) is 6.20 Å². The van der Waals surface area contributed by atoms with Gasteiger partial charge in [-0.1, -0.05) is 31.1 Å². The molecule has 0 aromatic carbocycles. The summed E-state index contributed by atoms with van der Waals surface area (Å²) in [6, 6.07) is 9.72. The monoisotopic (exact) mass is 352 g/mol. The van der Waals surface area contributed by atoms with Crippen molar-refractivity contribution in [3.05, 3.63) is 47.8 Å². The van der Waals surface area contributed by atoms with Gasteiger partial charge in [-0.3, -0.25) is 0 Å². The molecule has 6 heteroatoms. The summed E-state index contributed by atoms with van der Waals surface area (Å²) in [6.07, 6.45) is 6.18. The van der Waals surface area contributed by atoms with Crippen LogP contribution in [0.2, 0.25) is 0 Å². The van der Waals surface area contributed by atoms with Crippen LogP contribution in [-0.2, 0) is 4.74 Å². The second-order valence-electron chi connectivity index (χ2n) is 6.56. The van der Waals surface area contributed by atoms with E-state index >= 15 is 0 Å². The normalized spacial score (nSPS) is 20.4. The molecular formula is C19H20N4OS. The lowest BCUT2D eigenvalue weighted by Crippen LogP contribution is -2.14. The van der Waals surface area contributed by atoms with Gasteiger partial charge in [0.15, 0.2) is 17.0 Å². The topological polar surface area (TPSA) is 59.4 Å². The van der Waals surface area contributed by atoms with Gasteiger partial charge in [-0.25, -0.2) is 15.0 Å². The number of aryl methyl sites for hydroxylation is 1. The van der Waals surface area contributed by atoms with E-state index < -0.39 is 0 Å². The van der Waals surface area contributed by atoms with Crippen molar-refractivity contribution in [3.63, 3.8) is 0 Å². The molecule has 5 nitrogen and oxygen atoms in total. The maximum absolute atomic E-state index is 6.07. The molecule has 1 aliphatic carbocycles. The van der Waals surface area contributed by atoms with Gasteiger partial charge >= 0.3 is 0 Å². The van der Waals surface area contributed by atoms with Crippen LogP contribution in [-0.4, -0.2) is 20.9 Å². The zero-order chi connectivity index (χ0) is 17.2. The Bertz CT molecular complexity index is 830. The highest BCUT2D eigenvalue weighted by Crippen LogP contribution is 2.33. The van der Waals surface area contributed by atoms with Crippen molar-refractivity contribution >= 4 is 34.7 Å². The van der Waals surface area contributed by atoms with E-state index in [2.05, 4.69) is 20.3 Å². The van der Waals surface area contributed by atoms with Gasteiger partial charge in [-0.2, -0.15) is 0 Å². The number of rotatable bonds is 4. The van der Waals surface area contributed by atoms with Crippen LogP contribution >= 0.6 is 12.2 Å². The van der Waals surface area contributed by atoms with Crippen molar-refractivity contribution in [2.45, 2.75) is 38.7 Å². The minimum atomic E-state index is -0.363. The predicted molar refractivity (Wildman–Crippen MR) is 102 cm³/mol. The molecule has 1 N–H and O–H groups in total. The van der Waals surface area contributed by atoms with E-state index in [9.17, 15) is 0 Å². The Morgan fingerprint density at radius 2 is 2.00 bits per heavy atom. The second kappa shape index (κ2) is 6.88. The highest BCUT2D eigenvalue weighted by atomic mass is 32.1. The number of nitrogens with one attached hydrogen (secondary N) is 1. The lowest BCUT2D eigenvalue weighted by atomic mass is 10.1. The molecule has 0 saturated heterocycles. The van der Waals surface area contributed by atoms with Crippen LogP contribution in [0.15, 0.2) is 41.5 Å². The molecule has 128 valence electrons. The highest BCUT2D eigenvalue weighted by molar-refractivity contribution is 7.80. The zero-order valence-electron chi connectivity index (χ0n) is 14.1. The van der Waals surface area contributed by atoms with Gasteiger partial charge in [0, 0.05) is 12.1 Å². The first kappa shape index (κ1) is 16.1. The maximum Gasteiger partial charge on any atom is 0.194 e. The van der Waals surface area contributed by atoms with Crippen LogP contribution in [0.1, 0.15) is 43.0 Å². The molecule has 1 fully saturated rings.